The van der Waals surface area contributed by atoms with E-state index in [2.05, 4.69) is 33.0 Å². The van der Waals surface area contributed by atoms with Crippen molar-refractivity contribution in [3.63, 3.8) is 0 Å². The molecule has 21 heavy (non-hydrogen) atoms. The molecule has 0 saturated heterocycles. The van der Waals surface area contributed by atoms with Gasteiger partial charge in [0.2, 0.25) is 0 Å². The summed E-state index contributed by atoms with van der Waals surface area (Å²) < 4.78 is 5.18. The summed E-state index contributed by atoms with van der Waals surface area (Å²) in [6.07, 6.45) is 3.15. The van der Waals surface area contributed by atoms with Crippen LogP contribution in [0.2, 0.25) is 10.0 Å². The van der Waals surface area contributed by atoms with Gasteiger partial charge in [0, 0.05) is 17.1 Å². The third-order valence-corrected chi connectivity index (χ3v) is 4.39. The molecule has 1 aromatic rings. The summed E-state index contributed by atoms with van der Waals surface area (Å²) in [7, 11) is 1.60. The molecular formula is C17H27Cl2NO. The van der Waals surface area contributed by atoms with Crippen molar-refractivity contribution in [3.05, 3.63) is 27.7 Å². The molecule has 1 rings (SSSR count). The van der Waals surface area contributed by atoms with Gasteiger partial charge >= 0.3 is 0 Å². The van der Waals surface area contributed by atoms with Crippen LogP contribution in [0.15, 0.2) is 12.1 Å². The molecule has 0 bridgehead atoms. The maximum absolute atomic E-state index is 6.30. The van der Waals surface area contributed by atoms with Crippen molar-refractivity contribution in [2.24, 2.45) is 5.41 Å². The number of hydrogen-bond acceptors (Lipinski definition) is 2. The molecule has 0 unspecified atom stereocenters. The number of nitrogens with one attached hydrogen (secondary N) is 1. The molecule has 2 nitrogen and oxygen atoms in total. The van der Waals surface area contributed by atoms with E-state index in [1.54, 1.807) is 13.2 Å². The molecule has 4 heteroatoms. The first-order chi connectivity index (χ1) is 9.75. The summed E-state index contributed by atoms with van der Waals surface area (Å²) in [6, 6.07) is 4.26. The molecule has 1 aromatic carbocycles. The van der Waals surface area contributed by atoms with Crippen molar-refractivity contribution in [2.45, 2.75) is 53.0 Å². The summed E-state index contributed by atoms with van der Waals surface area (Å²) in [4.78, 5) is 0. The molecule has 0 aromatic heterocycles. The largest absolute Gasteiger partial charge is 0.495 e. The van der Waals surface area contributed by atoms with Crippen LogP contribution in [0.4, 0.5) is 0 Å². The Morgan fingerprint density at radius 3 is 2.38 bits per heavy atom. The second-order valence-electron chi connectivity index (χ2n) is 6.60. The van der Waals surface area contributed by atoms with Gasteiger partial charge in [-0.25, -0.2) is 0 Å². The Labute approximate surface area is 139 Å². The van der Waals surface area contributed by atoms with Crippen molar-refractivity contribution in [2.75, 3.05) is 13.7 Å². The predicted octanol–water partition coefficient (Wildman–Crippen LogP) is 5.35. The third kappa shape index (κ3) is 6.46. The first kappa shape index (κ1) is 18.6. The van der Waals surface area contributed by atoms with Crippen LogP contribution in [0, 0.1) is 5.41 Å². The van der Waals surface area contributed by atoms with Crippen LogP contribution >= 0.6 is 23.2 Å². The van der Waals surface area contributed by atoms with E-state index in [-0.39, 0.29) is 5.41 Å². The number of ether oxygens (including phenoxy) is 1. The molecule has 0 spiro atoms. The summed E-state index contributed by atoms with van der Waals surface area (Å²) in [5, 5.41) is 4.82. The maximum atomic E-state index is 6.30. The zero-order valence-corrected chi connectivity index (χ0v) is 15.2. The average molecular weight is 332 g/mol. The van der Waals surface area contributed by atoms with E-state index in [0.717, 1.165) is 36.4 Å². The minimum absolute atomic E-state index is 0.275. The van der Waals surface area contributed by atoms with E-state index < -0.39 is 0 Å². The second kappa shape index (κ2) is 8.26. The number of aryl methyl sites for hydroxylation is 1. The molecule has 0 saturated carbocycles. The Morgan fingerprint density at radius 1 is 1.14 bits per heavy atom. The maximum Gasteiger partial charge on any atom is 0.138 e. The topological polar surface area (TPSA) is 21.3 Å². The lowest BCUT2D eigenvalue weighted by Gasteiger charge is -2.25. The van der Waals surface area contributed by atoms with E-state index >= 15 is 0 Å². The van der Waals surface area contributed by atoms with Crippen molar-refractivity contribution in [1.82, 2.24) is 5.32 Å². The lowest BCUT2D eigenvalue weighted by Crippen LogP contribution is -2.28. The molecule has 1 N–H and O–H groups in total. The van der Waals surface area contributed by atoms with Crippen molar-refractivity contribution < 1.29 is 4.74 Å². The first-order valence-electron chi connectivity index (χ1n) is 7.50. The van der Waals surface area contributed by atoms with Crippen molar-refractivity contribution in [1.29, 1.82) is 0 Å². The molecule has 0 fully saturated rings. The highest BCUT2D eigenvalue weighted by Crippen LogP contribution is 2.34. The lowest BCUT2D eigenvalue weighted by atomic mass is 9.83. The van der Waals surface area contributed by atoms with Gasteiger partial charge in [0.15, 0.2) is 0 Å². The summed E-state index contributed by atoms with van der Waals surface area (Å²) in [5.41, 5.74) is 1.37. The van der Waals surface area contributed by atoms with Crippen molar-refractivity contribution >= 4 is 23.2 Å². The number of halogens is 2. The molecule has 0 radical (unpaired) electrons. The van der Waals surface area contributed by atoms with Crippen molar-refractivity contribution in [3.8, 4) is 5.75 Å². The average Bonchev–Trinajstić information content (AvgIpc) is 2.38. The quantitative estimate of drug-likeness (QED) is 0.693. The van der Waals surface area contributed by atoms with Gasteiger partial charge < -0.3 is 10.1 Å². The fourth-order valence-corrected chi connectivity index (χ4v) is 2.73. The molecule has 0 aliphatic carbocycles. The Kier molecular flexibility index (Phi) is 7.32. The highest BCUT2D eigenvalue weighted by Gasteiger charge is 2.18. The predicted molar refractivity (Wildman–Crippen MR) is 92.9 cm³/mol. The summed E-state index contributed by atoms with van der Waals surface area (Å²) in [5.74, 6) is 0.630. The smallest absolute Gasteiger partial charge is 0.138 e. The number of methoxy groups -OCH3 is 1. The van der Waals surface area contributed by atoms with E-state index in [1.807, 2.05) is 6.07 Å². The molecule has 0 heterocycles. The standard InChI is InChI=1S/C17H27Cl2NO/c1-12(2)20-9-8-17(3,4)7-6-13-10-15(19)16(21-5)11-14(13)18/h10-12,20H,6-9H2,1-5H3. The third-order valence-electron chi connectivity index (χ3n) is 3.75. The summed E-state index contributed by atoms with van der Waals surface area (Å²) >= 11 is 12.5. The van der Waals surface area contributed by atoms with E-state index in [4.69, 9.17) is 27.9 Å². The molecule has 0 amide bonds. The normalized spacial score (nSPS) is 12.0. The van der Waals surface area contributed by atoms with Crippen LogP contribution in [0.5, 0.6) is 5.75 Å². The minimum atomic E-state index is 0.275. The first-order valence-corrected chi connectivity index (χ1v) is 8.26. The van der Waals surface area contributed by atoms with Gasteiger partial charge in [0.05, 0.1) is 12.1 Å². The molecular weight excluding hydrogens is 305 g/mol. The van der Waals surface area contributed by atoms with Crippen LogP contribution in [-0.2, 0) is 6.42 Å². The van der Waals surface area contributed by atoms with Gasteiger partial charge in [-0.1, -0.05) is 50.9 Å². The fraction of sp³-hybridized carbons (Fsp3) is 0.647. The zero-order valence-electron chi connectivity index (χ0n) is 13.7. The van der Waals surface area contributed by atoms with E-state index in [1.165, 1.54) is 0 Å². The minimum Gasteiger partial charge on any atom is -0.495 e. The van der Waals surface area contributed by atoms with Crippen LogP contribution < -0.4 is 10.1 Å². The lowest BCUT2D eigenvalue weighted by molar-refractivity contribution is 0.298. The van der Waals surface area contributed by atoms with E-state index in [9.17, 15) is 0 Å². The highest BCUT2D eigenvalue weighted by molar-refractivity contribution is 6.34. The van der Waals surface area contributed by atoms with Gasteiger partial charge in [-0.15, -0.1) is 0 Å². The highest BCUT2D eigenvalue weighted by atomic mass is 35.5. The molecule has 0 aliphatic heterocycles. The van der Waals surface area contributed by atoms with Crippen LogP contribution in [0.25, 0.3) is 0 Å². The van der Waals surface area contributed by atoms with Gasteiger partial charge in [0.25, 0.3) is 0 Å². The van der Waals surface area contributed by atoms with Gasteiger partial charge in [0.1, 0.15) is 5.75 Å². The fourth-order valence-electron chi connectivity index (χ4n) is 2.22. The summed E-state index contributed by atoms with van der Waals surface area (Å²) in [6.45, 7) is 9.99. The second-order valence-corrected chi connectivity index (χ2v) is 7.42. The van der Waals surface area contributed by atoms with Crippen LogP contribution in [0.3, 0.4) is 0 Å². The Balaban J connectivity index is 2.59. The Morgan fingerprint density at radius 2 is 1.81 bits per heavy atom. The zero-order chi connectivity index (χ0) is 16.0. The number of rotatable bonds is 8. The van der Waals surface area contributed by atoms with Gasteiger partial charge in [-0.2, -0.15) is 0 Å². The molecule has 0 aliphatic rings. The number of hydrogen-bond donors (Lipinski definition) is 1. The Hall–Kier alpha value is -0.440. The number of benzene rings is 1. The van der Waals surface area contributed by atoms with Gasteiger partial charge in [-0.05, 0) is 42.9 Å². The Bertz CT molecular complexity index is 458. The molecule has 0 atom stereocenters. The van der Waals surface area contributed by atoms with Crippen LogP contribution in [0.1, 0.15) is 46.1 Å². The van der Waals surface area contributed by atoms with E-state index in [0.29, 0.717) is 16.8 Å². The monoisotopic (exact) mass is 331 g/mol. The molecule has 120 valence electrons. The van der Waals surface area contributed by atoms with Gasteiger partial charge in [-0.3, -0.25) is 0 Å². The SMILES string of the molecule is COc1cc(Cl)c(CCC(C)(C)CCNC(C)C)cc1Cl. The van der Waals surface area contributed by atoms with Crippen LogP contribution in [-0.4, -0.2) is 19.7 Å².